The number of aliphatic hydroxyl groups is 1. The molecule has 1 atom stereocenters. The van der Waals surface area contributed by atoms with Gasteiger partial charge < -0.3 is 10.4 Å². The first-order valence-electron chi connectivity index (χ1n) is 7.62. The highest BCUT2D eigenvalue weighted by molar-refractivity contribution is 5.97. The largest absolute Gasteiger partial charge is 0.393 e. The first-order chi connectivity index (χ1) is 10.3. The van der Waals surface area contributed by atoms with Gasteiger partial charge in [0.1, 0.15) is 5.52 Å². The Kier molecular flexibility index (Phi) is 4.81. The van der Waals surface area contributed by atoms with E-state index in [1.165, 1.54) is 0 Å². The molecule has 2 N–H and O–H groups in total. The summed E-state index contributed by atoms with van der Waals surface area (Å²) < 4.78 is 1.79. The monoisotopic (exact) mass is 304 g/mol. The Morgan fingerprint density at radius 1 is 1.45 bits per heavy atom. The summed E-state index contributed by atoms with van der Waals surface area (Å²) in [5.74, 6) is -0.133. The van der Waals surface area contributed by atoms with Crippen molar-refractivity contribution in [2.75, 3.05) is 6.54 Å². The van der Waals surface area contributed by atoms with Gasteiger partial charge in [0.2, 0.25) is 0 Å². The minimum atomic E-state index is -0.382. The molecule has 0 saturated carbocycles. The van der Waals surface area contributed by atoms with Crippen molar-refractivity contribution >= 4 is 16.9 Å². The number of aromatic nitrogens is 3. The predicted molar refractivity (Wildman–Crippen MR) is 85.6 cm³/mol. The first kappa shape index (κ1) is 16.4. The van der Waals surface area contributed by atoms with Gasteiger partial charge in [0.05, 0.1) is 11.6 Å². The maximum absolute atomic E-state index is 12.3. The van der Waals surface area contributed by atoms with E-state index >= 15 is 0 Å². The van der Waals surface area contributed by atoms with Gasteiger partial charge in [0, 0.05) is 18.7 Å². The number of fused-ring (bicyclic) bond motifs is 1. The molecule has 0 aliphatic heterocycles. The minimum Gasteiger partial charge on any atom is -0.393 e. The van der Waals surface area contributed by atoms with Crippen LogP contribution in [0.15, 0.2) is 18.2 Å². The topological polar surface area (TPSA) is 80.0 Å². The van der Waals surface area contributed by atoms with Gasteiger partial charge in [-0.25, -0.2) is 4.68 Å². The SMILES string of the molecule is CCn1nnc2cc(C(=O)NCC(C)(C)CC(C)O)ccc21. The molecule has 0 spiro atoms. The molecule has 1 heterocycles. The summed E-state index contributed by atoms with van der Waals surface area (Å²) in [5, 5.41) is 20.5. The lowest BCUT2D eigenvalue weighted by Gasteiger charge is -2.26. The Bertz CT molecular complexity index is 661. The number of amides is 1. The molecule has 120 valence electrons. The lowest BCUT2D eigenvalue weighted by atomic mass is 9.87. The van der Waals surface area contributed by atoms with Crippen LogP contribution in [0.3, 0.4) is 0 Å². The number of benzene rings is 1. The average Bonchev–Trinajstić information content (AvgIpc) is 2.85. The van der Waals surface area contributed by atoms with Crippen molar-refractivity contribution in [1.82, 2.24) is 20.3 Å². The number of carbonyl (C=O) groups excluding carboxylic acids is 1. The van der Waals surface area contributed by atoms with Gasteiger partial charge in [-0.15, -0.1) is 5.10 Å². The molecule has 0 bridgehead atoms. The third-order valence-corrected chi connectivity index (χ3v) is 3.65. The van der Waals surface area contributed by atoms with Crippen LogP contribution in [0.5, 0.6) is 0 Å². The van der Waals surface area contributed by atoms with Gasteiger partial charge in [0.15, 0.2) is 0 Å². The van der Waals surface area contributed by atoms with Crippen LogP contribution in [0.25, 0.3) is 11.0 Å². The van der Waals surface area contributed by atoms with E-state index < -0.39 is 0 Å². The smallest absolute Gasteiger partial charge is 0.251 e. The molecule has 6 nitrogen and oxygen atoms in total. The highest BCUT2D eigenvalue weighted by Gasteiger charge is 2.21. The normalized spacial score (nSPS) is 13.3. The van der Waals surface area contributed by atoms with Gasteiger partial charge in [-0.1, -0.05) is 19.1 Å². The van der Waals surface area contributed by atoms with Gasteiger partial charge in [-0.05, 0) is 43.9 Å². The molecule has 1 aromatic carbocycles. The molecule has 1 aromatic heterocycles. The van der Waals surface area contributed by atoms with Gasteiger partial charge in [-0.3, -0.25) is 4.79 Å². The Morgan fingerprint density at radius 2 is 2.18 bits per heavy atom. The maximum Gasteiger partial charge on any atom is 0.251 e. The maximum atomic E-state index is 12.3. The van der Waals surface area contributed by atoms with Crippen molar-refractivity contribution in [2.45, 2.75) is 46.8 Å². The minimum absolute atomic E-state index is 0.133. The third-order valence-electron chi connectivity index (χ3n) is 3.65. The standard InChI is InChI=1S/C16H24N4O2/c1-5-20-14-7-6-12(8-13(14)18-19-20)15(22)17-10-16(3,4)9-11(2)21/h6-8,11,21H,5,9-10H2,1-4H3,(H,17,22). The molecule has 2 aromatic rings. The fourth-order valence-electron chi connectivity index (χ4n) is 2.64. The number of rotatable bonds is 6. The quantitative estimate of drug-likeness (QED) is 0.855. The van der Waals surface area contributed by atoms with Gasteiger partial charge >= 0.3 is 0 Å². The van der Waals surface area contributed by atoms with E-state index in [2.05, 4.69) is 15.6 Å². The van der Waals surface area contributed by atoms with Crippen molar-refractivity contribution in [3.63, 3.8) is 0 Å². The summed E-state index contributed by atoms with van der Waals surface area (Å²) >= 11 is 0. The van der Waals surface area contributed by atoms with Crippen molar-refractivity contribution in [1.29, 1.82) is 0 Å². The molecule has 0 aliphatic carbocycles. The van der Waals surface area contributed by atoms with E-state index in [0.29, 0.717) is 18.5 Å². The summed E-state index contributed by atoms with van der Waals surface area (Å²) in [4.78, 5) is 12.3. The second kappa shape index (κ2) is 6.44. The zero-order chi connectivity index (χ0) is 16.3. The zero-order valence-corrected chi connectivity index (χ0v) is 13.6. The van der Waals surface area contributed by atoms with Crippen molar-refractivity contribution in [3.05, 3.63) is 23.8 Å². The highest BCUT2D eigenvalue weighted by Crippen LogP contribution is 2.21. The molecule has 2 rings (SSSR count). The van der Waals surface area contributed by atoms with Gasteiger partial charge in [0.25, 0.3) is 5.91 Å². The number of nitrogens with zero attached hydrogens (tertiary/aromatic N) is 3. The second-order valence-electron chi connectivity index (χ2n) is 6.51. The molecular formula is C16H24N4O2. The third kappa shape index (κ3) is 3.82. The highest BCUT2D eigenvalue weighted by atomic mass is 16.3. The Hall–Kier alpha value is -1.95. The lowest BCUT2D eigenvalue weighted by Crippen LogP contribution is -2.35. The van der Waals surface area contributed by atoms with Crippen LogP contribution in [-0.4, -0.2) is 38.7 Å². The van der Waals surface area contributed by atoms with Crippen LogP contribution in [0.1, 0.15) is 44.5 Å². The summed E-state index contributed by atoms with van der Waals surface area (Å²) in [6.07, 6.45) is 0.254. The Labute approximate surface area is 130 Å². The Balaban J connectivity index is 2.07. The summed E-state index contributed by atoms with van der Waals surface area (Å²) in [5.41, 5.74) is 2.06. The summed E-state index contributed by atoms with van der Waals surface area (Å²) in [6, 6.07) is 5.41. The number of hydrogen-bond donors (Lipinski definition) is 2. The average molecular weight is 304 g/mol. The van der Waals surface area contributed by atoms with Crippen molar-refractivity contribution < 1.29 is 9.90 Å². The van der Waals surface area contributed by atoms with Crippen molar-refractivity contribution in [2.24, 2.45) is 5.41 Å². The van der Waals surface area contributed by atoms with E-state index in [0.717, 1.165) is 17.6 Å². The van der Waals surface area contributed by atoms with Crippen LogP contribution in [-0.2, 0) is 6.54 Å². The number of aliphatic hydroxyl groups excluding tert-OH is 1. The van der Waals surface area contributed by atoms with Crippen molar-refractivity contribution in [3.8, 4) is 0 Å². The molecule has 0 fully saturated rings. The molecule has 22 heavy (non-hydrogen) atoms. The van der Waals surface area contributed by atoms with Crippen LogP contribution >= 0.6 is 0 Å². The predicted octanol–water partition coefficient (Wildman–Crippen LogP) is 1.98. The van der Waals surface area contributed by atoms with Crippen LogP contribution in [0.4, 0.5) is 0 Å². The molecule has 0 radical (unpaired) electrons. The number of carbonyl (C=O) groups is 1. The molecule has 1 amide bonds. The molecule has 6 heteroatoms. The number of aryl methyl sites for hydroxylation is 1. The van der Waals surface area contributed by atoms with Gasteiger partial charge in [-0.2, -0.15) is 0 Å². The number of nitrogens with one attached hydrogen (secondary N) is 1. The zero-order valence-electron chi connectivity index (χ0n) is 13.6. The van der Waals surface area contributed by atoms with Crippen LogP contribution in [0, 0.1) is 5.41 Å². The summed E-state index contributed by atoms with van der Waals surface area (Å²) in [7, 11) is 0. The van der Waals surface area contributed by atoms with E-state index in [4.69, 9.17) is 0 Å². The first-order valence-corrected chi connectivity index (χ1v) is 7.62. The fraction of sp³-hybridized carbons (Fsp3) is 0.562. The second-order valence-corrected chi connectivity index (χ2v) is 6.51. The Morgan fingerprint density at radius 3 is 2.82 bits per heavy atom. The molecule has 1 unspecified atom stereocenters. The molecule has 0 aliphatic rings. The fourth-order valence-corrected chi connectivity index (χ4v) is 2.64. The number of hydrogen-bond acceptors (Lipinski definition) is 4. The van der Waals surface area contributed by atoms with Crippen LogP contribution in [0.2, 0.25) is 0 Å². The van der Waals surface area contributed by atoms with E-state index in [1.54, 1.807) is 23.7 Å². The van der Waals surface area contributed by atoms with Crippen LogP contribution < -0.4 is 5.32 Å². The van der Waals surface area contributed by atoms with E-state index in [-0.39, 0.29) is 17.4 Å². The van der Waals surface area contributed by atoms with E-state index in [1.807, 2.05) is 26.8 Å². The molecule has 0 saturated heterocycles. The summed E-state index contributed by atoms with van der Waals surface area (Å²) in [6.45, 7) is 9.06. The molecular weight excluding hydrogens is 280 g/mol. The lowest BCUT2D eigenvalue weighted by molar-refractivity contribution is 0.0902. The van der Waals surface area contributed by atoms with E-state index in [9.17, 15) is 9.90 Å².